The van der Waals surface area contributed by atoms with E-state index in [-0.39, 0.29) is 11.8 Å². The number of hydrogen-bond acceptors (Lipinski definition) is 6. The van der Waals surface area contributed by atoms with Crippen LogP contribution in [0.25, 0.3) is 16.8 Å². The van der Waals surface area contributed by atoms with Crippen LogP contribution in [0.15, 0.2) is 42.5 Å². The first-order valence-corrected chi connectivity index (χ1v) is 14.0. The van der Waals surface area contributed by atoms with Crippen LogP contribution in [0.4, 0.5) is 0 Å². The second-order valence-electron chi connectivity index (χ2n) is 11.4. The van der Waals surface area contributed by atoms with E-state index in [1.54, 1.807) is 0 Å². The van der Waals surface area contributed by atoms with Gasteiger partial charge in [-0.1, -0.05) is 61.4 Å². The second-order valence-corrected chi connectivity index (χ2v) is 11.4. The highest BCUT2D eigenvalue weighted by molar-refractivity contribution is 5.69. The Kier molecular flexibility index (Phi) is 6.60. The maximum Gasteiger partial charge on any atom is 0.161 e. The van der Waals surface area contributed by atoms with Gasteiger partial charge in [-0.15, -0.1) is 9.73 Å². The van der Waals surface area contributed by atoms with Crippen LogP contribution in [0, 0.1) is 26.7 Å². The summed E-state index contributed by atoms with van der Waals surface area (Å²) in [4.78, 5) is 0. The Labute approximate surface area is 225 Å². The van der Waals surface area contributed by atoms with Crippen molar-refractivity contribution in [2.24, 2.45) is 5.92 Å². The van der Waals surface area contributed by atoms with E-state index >= 15 is 0 Å². The van der Waals surface area contributed by atoms with E-state index in [1.165, 1.54) is 52.6 Å². The van der Waals surface area contributed by atoms with E-state index in [0.717, 1.165) is 36.6 Å². The van der Waals surface area contributed by atoms with Gasteiger partial charge in [0.05, 0.1) is 24.1 Å². The van der Waals surface area contributed by atoms with Crippen LogP contribution in [0.2, 0.25) is 0 Å². The molecule has 8 nitrogen and oxygen atoms in total. The van der Waals surface area contributed by atoms with Gasteiger partial charge in [0.25, 0.3) is 0 Å². The van der Waals surface area contributed by atoms with Gasteiger partial charge in [0.2, 0.25) is 0 Å². The van der Waals surface area contributed by atoms with Gasteiger partial charge in [-0.25, -0.2) is 10.9 Å². The number of fused-ring (bicyclic) bond motifs is 1. The van der Waals surface area contributed by atoms with Gasteiger partial charge < -0.3 is 4.57 Å². The van der Waals surface area contributed by atoms with Gasteiger partial charge in [-0.3, -0.25) is 5.32 Å². The van der Waals surface area contributed by atoms with Crippen molar-refractivity contribution in [2.75, 3.05) is 0 Å². The van der Waals surface area contributed by atoms with Gasteiger partial charge in [-0.05, 0) is 75.1 Å². The zero-order valence-corrected chi connectivity index (χ0v) is 23.2. The van der Waals surface area contributed by atoms with Crippen molar-refractivity contribution in [2.45, 2.75) is 85.1 Å². The molecule has 3 heterocycles. The molecule has 0 radical (unpaired) electrons. The molecule has 8 heteroatoms. The topological polar surface area (TPSA) is 83.2 Å². The maximum atomic E-state index is 4.79. The summed E-state index contributed by atoms with van der Waals surface area (Å²) in [5, 5.41) is 13.3. The molecule has 1 saturated carbocycles. The number of aromatic nitrogens is 4. The minimum absolute atomic E-state index is 0.000316. The third-order valence-electron chi connectivity index (χ3n) is 8.59. The fourth-order valence-corrected chi connectivity index (χ4v) is 5.94. The molecule has 2 aliphatic rings. The molecule has 0 bridgehead atoms. The zero-order chi connectivity index (χ0) is 26.4. The minimum atomic E-state index is -0.143. The molecule has 4 aromatic rings. The van der Waals surface area contributed by atoms with Crippen LogP contribution in [-0.4, -0.2) is 25.1 Å². The van der Waals surface area contributed by atoms with Gasteiger partial charge in [0, 0.05) is 12.0 Å². The quantitative estimate of drug-likeness (QED) is 0.284. The van der Waals surface area contributed by atoms with Gasteiger partial charge in [0.1, 0.15) is 5.82 Å². The molecule has 38 heavy (non-hydrogen) atoms. The summed E-state index contributed by atoms with van der Waals surface area (Å²) < 4.78 is 4.15. The Bertz CT molecular complexity index is 1450. The molecule has 6 rings (SSSR count). The first kappa shape index (κ1) is 25.2. The third-order valence-corrected chi connectivity index (χ3v) is 8.59. The summed E-state index contributed by atoms with van der Waals surface area (Å²) in [6.07, 6.45) is 5.83. The maximum absolute atomic E-state index is 4.79. The summed E-state index contributed by atoms with van der Waals surface area (Å²) >= 11 is 0. The molecule has 2 fully saturated rings. The standard InChI is InChI=1S/C30H40N8/c1-6-8-27-34-38-29(20(3)21(4)33-38)37(27)18-22-12-14-23(15-13-22)25-16-11-19(2)17-26(25)28-31-30(5,35-36-32-28)24-9-7-10-24/h11-17,24,28,31-32,35-36H,6-10,18H2,1-5H3. The van der Waals surface area contributed by atoms with Crippen molar-refractivity contribution in [1.82, 2.24) is 41.1 Å². The molecule has 2 atom stereocenters. The largest absolute Gasteiger partial charge is 0.307 e. The highest BCUT2D eigenvalue weighted by Crippen LogP contribution is 2.37. The summed E-state index contributed by atoms with van der Waals surface area (Å²) in [5.74, 6) is 1.72. The van der Waals surface area contributed by atoms with Crippen LogP contribution < -0.4 is 21.7 Å². The van der Waals surface area contributed by atoms with E-state index in [9.17, 15) is 0 Å². The molecule has 0 amide bonds. The average Bonchev–Trinajstić information content (AvgIpc) is 3.33. The van der Waals surface area contributed by atoms with Crippen molar-refractivity contribution in [3.8, 4) is 11.1 Å². The molecule has 4 N–H and O–H groups in total. The van der Waals surface area contributed by atoms with Gasteiger partial charge in [0.15, 0.2) is 5.65 Å². The fourth-order valence-electron chi connectivity index (χ4n) is 5.94. The highest BCUT2D eigenvalue weighted by Gasteiger charge is 2.41. The molecule has 0 spiro atoms. The van der Waals surface area contributed by atoms with Crippen molar-refractivity contribution < 1.29 is 0 Å². The average molecular weight is 513 g/mol. The van der Waals surface area contributed by atoms with E-state index in [4.69, 9.17) is 5.10 Å². The monoisotopic (exact) mass is 512 g/mol. The summed E-state index contributed by atoms with van der Waals surface area (Å²) in [6.45, 7) is 11.6. The lowest BCUT2D eigenvalue weighted by Gasteiger charge is -2.49. The summed E-state index contributed by atoms with van der Waals surface area (Å²) in [5.41, 5.74) is 19.6. The SMILES string of the molecule is CCCc1nn2nc(C)c(C)c2n1Cc1ccc(-c2ccc(C)cc2C2NNNC(C)(C3CCC3)N2)cc1. The Morgan fingerprint density at radius 1 is 1.03 bits per heavy atom. The minimum Gasteiger partial charge on any atom is -0.307 e. The van der Waals surface area contributed by atoms with Crippen LogP contribution >= 0.6 is 0 Å². The van der Waals surface area contributed by atoms with Gasteiger partial charge in [-0.2, -0.15) is 10.6 Å². The highest BCUT2D eigenvalue weighted by atomic mass is 15.7. The third kappa shape index (κ3) is 4.45. The summed E-state index contributed by atoms with van der Waals surface area (Å²) in [6, 6.07) is 15.8. The number of benzene rings is 2. The zero-order valence-electron chi connectivity index (χ0n) is 23.2. The molecular weight excluding hydrogens is 472 g/mol. The van der Waals surface area contributed by atoms with Crippen molar-refractivity contribution in [3.05, 3.63) is 76.2 Å². The molecule has 2 aromatic heterocycles. The van der Waals surface area contributed by atoms with E-state index in [1.807, 2.05) is 4.63 Å². The van der Waals surface area contributed by atoms with Crippen LogP contribution in [0.3, 0.4) is 0 Å². The normalized spacial score (nSPS) is 22.2. The van der Waals surface area contributed by atoms with Crippen LogP contribution in [0.1, 0.15) is 79.5 Å². The van der Waals surface area contributed by atoms with Crippen LogP contribution in [-0.2, 0) is 13.0 Å². The molecule has 200 valence electrons. The van der Waals surface area contributed by atoms with E-state index in [2.05, 4.69) is 108 Å². The number of nitrogens with zero attached hydrogens (tertiary/aromatic N) is 4. The van der Waals surface area contributed by atoms with E-state index in [0.29, 0.717) is 5.92 Å². The Hall–Kier alpha value is -3.04. The van der Waals surface area contributed by atoms with Crippen LogP contribution in [0.5, 0.6) is 0 Å². The first-order chi connectivity index (χ1) is 18.4. The fraction of sp³-hybridized carbons (Fsp3) is 0.467. The molecule has 2 unspecified atom stereocenters. The molecular formula is C30H40N8. The molecule has 2 aromatic carbocycles. The van der Waals surface area contributed by atoms with Gasteiger partial charge >= 0.3 is 0 Å². The van der Waals surface area contributed by atoms with E-state index < -0.39 is 0 Å². The summed E-state index contributed by atoms with van der Waals surface area (Å²) in [7, 11) is 0. The first-order valence-electron chi connectivity index (χ1n) is 14.0. The van der Waals surface area contributed by atoms with Crippen molar-refractivity contribution in [3.63, 3.8) is 0 Å². The molecule has 1 saturated heterocycles. The predicted octanol–water partition coefficient (Wildman–Crippen LogP) is 4.84. The Balaban J connectivity index is 1.29. The molecule has 1 aliphatic heterocycles. The number of hydrazine groups is 2. The second kappa shape index (κ2) is 9.93. The van der Waals surface area contributed by atoms with Crippen molar-refractivity contribution in [1.29, 1.82) is 0 Å². The smallest absolute Gasteiger partial charge is 0.161 e. The lowest BCUT2D eigenvalue weighted by molar-refractivity contribution is 0.0261. The predicted molar refractivity (Wildman–Crippen MR) is 151 cm³/mol. The number of nitrogens with one attached hydrogen (secondary N) is 4. The van der Waals surface area contributed by atoms with Crippen molar-refractivity contribution >= 4 is 5.65 Å². The lowest BCUT2D eigenvalue weighted by atomic mass is 9.76. The Morgan fingerprint density at radius 2 is 1.82 bits per heavy atom. The lowest BCUT2D eigenvalue weighted by Crippen LogP contribution is -2.74. The number of rotatable bonds is 7. The Morgan fingerprint density at radius 3 is 2.53 bits per heavy atom. The molecule has 1 aliphatic carbocycles. The number of aryl methyl sites for hydroxylation is 4. The number of hydrogen-bond donors (Lipinski definition) is 4.